The number of aliphatic hydroxyl groups excluding tert-OH is 2. The Morgan fingerprint density at radius 3 is 2.57 bits per heavy atom. The molecule has 1 aromatic carbocycles. The number of rotatable bonds is 5. The number of nitrogens with zero attached hydrogens (tertiary/aromatic N) is 1. The molecule has 1 saturated heterocycles. The molecule has 1 aliphatic rings. The van der Waals surface area contributed by atoms with Crippen LogP contribution in [0.2, 0.25) is 0 Å². The minimum atomic E-state index is -0.604. The molecule has 0 spiro atoms. The summed E-state index contributed by atoms with van der Waals surface area (Å²) in [6, 6.07) is 7.29. The van der Waals surface area contributed by atoms with Crippen LogP contribution in [-0.4, -0.2) is 46.8 Å². The quantitative estimate of drug-likeness (QED) is 0.562. The summed E-state index contributed by atoms with van der Waals surface area (Å²) in [6.07, 6.45) is 3.80. The van der Waals surface area contributed by atoms with Crippen molar-refractivity contribution in [1.82, 2.24) is 5.32 Å². The predicted molar refractivity (Wildman–Crippen MR) is 87.3 cm³/mol. The Labute approximate surface area is 131 Å². The highest BCUT2D eigenvalue weighted by Crippen LogP contribution is 2.27. The number of amides is 1. The van der Waals surface area contributed by atoms with E-state index in [1.54, 1.807) is 17.8 Å². The molecule has 0 aliphatic carbocycles. The standard InChI is InChI=1S/C14H16N2O3S2/c1-20-11-4-2-9(3-5-11)6-12-13(19)16-14(21-12)15-10(7-17)8-18/h2-6,10,17-18H,7-8H2,1H3,(H,15,16,19)/b12-6+. The van der Waals surface area contributed by atoms with Gasteiger partial charge in [-0.1, -0.05) is 12.1 Å². The van der Waals surface area contributed by atoms with E-state index in [0.29, 0.717) is 10.1 Å². The van der Waals surface area contributed by atoms with Crippen LogP contribution in [0, 0.1) is 0 Å². The molecule has 2 rings (SSSR count). The van der Waals surface area contributed by atoms with E-state index < -0.39 is 6.04 Å². The molecule has 0 unspecified atom stereocenters. The lowest BCUT2D eigenvalue weighted by atomic mass is 10.2. The van der Waals surface area contributed by atoms with Crippen molar-refractivity contribution in [3.05, 3.63) is 34.7 Å². The summed E-state index contributed by atoms with van der Waals surface area (Å²) in [4.78, 5) is 17.7. The zero-order valence-corrected chi connectivity index (χ0v) is 13.1. The van der Waals surface area contributed by atoms with Gasteiger partial charge in [0, 0.05) is 4.90 Å². The first-order chi connectivity index (χ1) is 10.2. The number of aliphatic imine (C=N–C) groups is 1. The molecule has 7 heteroatoms. The number of benzene rings is 1. The Bertz CT molecular complexity index is 566. The normalized spacial score (nSPS) is 18.8. The Morgan fingerprint density at radius 1 is 1.33 bits per heavy atom. The van der Waals surface area contributed by atoms with E-state index in [1.807, 2.05) is 30.5 Å². The number of amidine groups is 1. The van der Waals surface area contributed by atoms with Crippen molar-refractivity contribution in [2.75, 3.05) is 19.5 Å². The number of nitrogens with one attached hydrogen (secondary N) is 1. The van der Waals surface area contributed by atoms with Gasteiger partial charge in [0.15, 0.2) is 5.17 Å². The number of hydrogen-bond donors (Lipinski definition) is 3. The molecule has 0 saturated carbocycles. The molecule has 0 radical (unpaired) electrons. The molecule has 0 bridgehead atoms. The Balaban J connectivity index is 2.13. The van der Waals surface area contributed by atoms with E-state index in [2.05, 4.69) is 10.3 Å². The lowest BCUT2D eigenvalue weighted by Gasteiger charge is -2.04. The summed E-state index contributed by atoms with van der Waals surface area (Å²) in [7, 11) is 0. The van der Waals surface area contributed by atoms with Crippen LogP contribution >= 0.6 is 23.5 Å². The molecule has 1 aromatic rings. The molecule has 1 amide bonds. The highest BCUT2D eigenvalue weighted by Gasteiger charge is 2.24. The van der Waals surface area contributed by atoms with E-state index in [0.717, 1.165) is 10.5 Å². The molecule has 1 heterocycles. The minimum absolute atomic E-state index is 0.220. The van der Waals surface area contributed by atoms with Gasteiger partial charge in [-0.15, -0.1) is 11.8 Å². The van der Waals surface area contributed by atoms with Gasteiger partial charge < -0.3 is 15.5 Å². The summed E-state index contributed by atoms with van der Waals surface area (Å²) < 4.78 is 0. The average molecular weight is 324 g/mol. The van der Waals surface area contributed by atoms with Crippen molar-refractivity contribution in [2.24, 2.45) is 4.99 Å². The number of aliphatic hydroxyl groups is 2. The molecule has 1 aliphatic heterocycles. The van der Waals surface area contributed by atoms with Crippen LogP contribution in [0.1, 0.15) is 5.56 Å². The first kappa shape index (κ1) is 16.1. The molecule has 3 N–H and O–H groups in total. The molecule has 0 atom stereocenters. The fourth-order valence-electron chi connectivity index (χ4n) is 1.65. The topological polar surface area (TPSA) is 81.9 Å². The zero-order valence-electron chi connectivity index (χ0n) is 11.4. The van der Waals surface area contributed by atoms with Crippen molar-refractivity contribution >= 4 is 40.7 Å². The minimum Gasteiger partial charge on any atom is -0.394 e. The Kier molecular flexibility index (Phi) is 5.86. The average Bonchev–Trinajstić information content (AvgIpc) is 2.85. The smallest absolute Gasteiger partial charge is 0.264 e. The third-order valence-corrected chi connectivity index (χ3v) is 4.45. The Morgan fingerprint density at radius 2 is 2.00 bits per heavy atom. The number of hydrogen-bond acceptors (Lipinski definition) is 6. The molecular weight excluding hydrogens is 308 g/mol. The van der Waals surface area contributed by atoms with Gasteiger partial charge in [0.2, 0.25) is 0 Å². The van der Waals surface area contributed by atoms with Crippen LogP contribution in [0.25, 0.3) is 6.08 Å². The van der Waals surface area contributed by atoms with E-state index in [4.69, 9.17) is 10.2 Å². The second kappa shape index (κ2) is 7.65. The first-order valence-electron chi connectivity index (χ1n) is 6.30. The number of carbonyl (C=O) groups is 1. The maximum absolute atomic E-state index is 11.9. The van der Waals surface area contributed by atoms with E-state index in [9.17, 15) is 4.79 Å². The van der Waals surface area contributed by atoms with E-state index >= 15 is 0 Å². The van der Waals surface area contributed by atoms with Crippen LogP contribution in [0.15, 0.2) is 39.1 Å². The van der Waals surface area contributed by atoms with Crippen molar-refractivity contribution in [3.8, 4) is 0 Å². The molecule has 1 fully saturated rings. The maximum Gasteiger partial charge on any atom is 0.264 e. The zero-order chi connectivity index (χ0) is 15.2. The fourth-order valence-corrected chi connectivity index (χ4v) is 2.95. The number of carbonyl (C=O) groups excluding carboxylic acids is 1. The Hall–Kier alpha value is -1.28. The first-order valence-corrected chi connectivity index (χ1v) is 8.35. The maximum atomic E-state index is 11.9. The fraction of sp³-hybridized carbons (Fsp3) is 0.286. The van der Waals surface area contributed by atoms with Crippen molar-refractivity contribution in [2.45, 2.75) is 10.9 Å². The van der Waals surface area contributed by atoms with Crippen LogP contribution in [0.4, 0.5) is 0 Å². The van der Waals surface area contributed by atoms with Gasteiger partial charge in [0.1, 0.15) is 0 Å². The predicted octanol–water partition coefficient (Wildman–Crippen LogP) is 1.32. The molecule has 112 valence electrons. The summed E-state index contributed by atoms with van der Waals surface area (Å²) in [5, 5.41) is 21.0. The van der Waals surface area contributed by atoms with Crippen LogP contribution in [0.5, 0.6) is 0 Å². The second-order valence-electron chi connectivity index (χ2n) is 4.29. The van der Waals surface area contributed by atoms with Gasteiger partial charge in [0.05, 0.1) is 24.2 Å². The summed E-state index contributed by atoms with van der Waals surface area (Å²) in [5.74, 6) is -0.220. The van der Waals surface area contributed by atoms with Gasteiger partial charge in [-0.2, -0.15) is 0 Å². The van der Waals surface area contributed by atoms with E-state index in [1.165, 1.54) is 11.8 Å². The summed E-state index contributed by atoms with van der Waals surface area (Å²) in [5.41, 5.74) is 0.938. The van der Waals surface area contributed by atoms with Gasteiger partial charge in [0.25, 0.3) is 5.91 Å². The lowest BCUT2D eigenvalue weighted by Crippen LogP contribution is -2.24. The monoisotopic (exact) mass is 324 g/mol. The molecule has 21 heavy (non-hydrogen) atoms. The van der Waals surface area contributed by atoms with E-state index in [-0.39, 0.29) is 19.1 Å². The second-order valence-corrected chi connectivity index (χ2v) is 6.20. The highest BCUT2D eigenvalue weighted by molar-refractivity contribution is 8.18. The van der Waals surface area contributed by atoms with Crippen LogP contribution in [0.3, 0.4) is 0 Å². The number of thioether (sulfide) groups is 2. The summed E-state index contributed by atoms with van der Waals surface area (Å²) >= 11 is 2.87. The van der Waals surface area contributed by atoms with Crippen LogP contribution < -0.4 is 5.32 Å². The third kappa shape index (κ3) is 4.34. The van der Waals surface area contributed by atoms with Gasteiger partial charge in [-0.25, -0.2) is 0 Å². The highest BCUT2D eigenvalue weighted by atomic mass is 32.2. The van der Waals surface area contributed by atoms with Crippen molar-refractivity contribution < 1.29 is 15.0 Å². The van der Waals surface area contributed by atoms with Crippen LogP contribution in [-0.2, 0) is 4.79 Å². The molecular formula is C14H16N2O3S2. The van der Waals surface area contributed by atoms with Crippen molar-refractivity contribution in [3.63, 3.8) is 0 Å². The SMILES string of the molecule is CSc1ccc(/C=C2/SC(=NC(CO)CO)NC2=O)cc1. The van der Waals surface area contributed by atoms with Gasteiger partial charge in [-0.05, 0) is 41.8 Å². The third-order valence-electron chi connectivity index (χ3n) is 2.79. The largest absolute Gasteiger partial charge is 0.394 e. The lowest BCUT2D eigenvalue weighted by molar-refractivity contribution is -0.115. The van der Waals surface area contributed by atoms with Gasteiger partial charge in [-0.3, -0.25) is 9.79 Å². The van der Waals surface area contributed by atoms with Gasteiger partial charge >= 0.3 is 0 Å². The molecule has 0 aromatic heterocycles. The summed E-state index contributed by atoms with van der Waals surface area (Å²) in [6.45, 7) is -0.517. The molecule has 5 nitrogen and oxygen atoms in total. The van der Waals surface area contributed by atoms with Crippen molar-refractivity contribution in [1.29, 1.82) is 0 Å².